The summed E-state index contributed by atoms with van der Waals surface area (Å²) in [4.78, 5) is 0. The summed E-state index contributed by atoms with van der Waals surface area (Å²) in [6, 6.07) is 9.54. The van der Waals surface area contributed by atoms with Crippen molar-refractivity contribution in [2.45, 2.75) is 6.92 Å². The molecule has 0 amide bonds. The van der Waals surface area contributed by atoms with Crippen molar-refractivity contribution in [1.82, 2.24) is 0 Å². The minimum absolute atomic E-state index is 0.147. The second kappa shape index (κ2) is 5.40. The number of hydrogen-bond donors (Lipinski definition) is 1. The van der Waals surface area contributed by atoms with Gasteiger partial charge in [0.1, 0.15) is 5.69 Å². The third-order valence-electron chi connectivity index (χ3n) is 2.57. The predicted molar refractivity (Wildman–Crippen MR) is 72.8 cm³/mol. The highest BCUT2D eigenvalue weighted by molar-refractivity contribution is 6.29. The molecule has 0 atom stereocenters. The molecule has 6 heteroatoms. The smallest absolute Gasteiger partial charge is 0.445 e. The number of aromatic hydroxyl groups is 1. The van der Waals surface area contributed by atoms with E-state index in [1.165, 1.54) is 0 Å². The first kappa shape index (κ1) is 12.2. The molecule has 0 aliphatic carbocycles. The van der Waals surface area contributed by atoms with Gasteiger partial charge >= 0.3 is 7.55 Å². The number of hydrogen-bond acceptors (Lipinski definition) is 5. The maximum Gasteiger partial charge on any atom is 0.445 e. The molecular formula is C12H13BN4O. The zero-order valence-electron chi connectivity index (χ0n) is 10.3. The van der Waals surface area contributed by atoms with Crippen LogP contribution < -0.4 is 0 Å². The summed E-state index contributed by atoms with van der Waals surface area (Å²) < 4.78 is 0. The highest BCUT2D eigenvalue weighted by atomic mass is 16.3. The molecule has 2 rings (SSSR count). The van der Waals surface area contributed by atoms with Gasteiger partial charge in [-0.05, 0) is 24.4 Å². The summed E-state index contributed by atoms with van der Waals surface area (Å²) in [5.74, 6) is 0.147. The Kier molecular flexibility index (Phi) is 3.67. The topological polar surface area (TPSA) is 69.7 Å². The van der Waals surface area contributed by atoms with Crippen LogP contribution in [0.1, 0.15) is 5.56 Å². The van der Waals surface area contributed by atoms with Crippen LogP contribution in [0.2, 0.25) is 0 Å². The van der Waals surface area contributed by atoms with Crippen LogP contribution in [0.3, 0.4) is 0 Å². The fourth-order valence-electron chi connectivity index (χ4n) is 1.69. The average Bonchev–Trinajstić information content (AvgIpc) is 2.38. The molecule has 0 radical (unpaired) electrons. The largest absolute Gasteiger partial charge is 0.505 e. The van der Waals surface area contributed by atoms with E-state index in [1.807, 2.05) is 31.2 Å². The Labute approximate surface area is 106 Å². The predicted octanol–water partition coefficient (Wildman–Crippen LogP) is 3.29. The molecular weight excluding hydrogens is 227 g/mol. The molecule has 0 fully saturated rings. The van der Waals surface area contributed by atoms with E-state index >= 15 is 0 Å². The van der Waals surface area contributed by atoms with Crippen LogP contribution in [-0.2, 0) is 0 Å². The maximum atomic E-state index is 10.1. The Morgan fingerprint density at radius 3 is 2.67 bits per heavy atom. The van der Waals surface area contributed by atoms with Gasteiger partial charge in [0.15, 0.2) is 5.75 Å². The van der Waals surface area contributed by atoms with Gasteiger partial charge < -0.3 is 5.11 Å². The first-order valence-corrected chi connectivity index (χ1v) is 5.58. The lowest BCUT2D eigenvalue weighted by molar-refractivity contribution is 0.482. The summed E-state index contributed by atoms with van der Waals surface area (Å²) in [5, 5.41) is 26.9. The SMILES string of the molecule is CN=NBN=Nc1ccc2ccc(C)cc2c1O. The number of fused-ring (bicyclic) bond motifs is 1. The van der Waals surface area contributed by atoms with E-state index < -0.39 is 0 Å². The lowest BCUT2D eigenvalue weighted by Crippen LogP contribution is -1.79. The van der Waals surface area contributed by atoms with Gasteiger partial charge in [0.05, 0.1) is 0 Å². The average molecular weight is 240 g/mol. The second-order valence-corrected chi connectivity index (χ2v) is 3.88. The molecule has 90 valence electrons. The van der Waals surface area contributed by atoms with Gasteiger partial charge in [-0.15, -0.1) is 0 Å². The molecule has 2 aromatic carbocycles. The van der Waals surface area contributed by atoms with Gasteiger partial charge in [-0.2, -0.15) is 5.11 Å². The molecule has 0 unspecified atom stereocenters. The third kappa shape index (κ3) is 2.53. The van der Waals surface area contributed by atoms with Crippen molar-refractivity contribution in [3.8, 4) is 5.75 Å². The van der Waals surface area contributed by atoms with Gasteiger partial charge in [-0.1, -0.05) is 23.8 Å². The monoisotopic (exact) mass is 240 g/mol. The van der Waals surface area contributed by atoms with E-state index in [-0.39, 0.29) is 13.3 Å². The van der Waals surface area contributed by atoms with Gasteiger partial charge in [0.25, 0.3) is 0 Å². The normalized spacial score (nSPS) is 11.7. The standard InChI is InChI=1S/C12H13BN4O/c1-8-3-4-9-5-6-11(12(18)10(9)7-8)15-17-13-16-14-2/h3-7,13,18H,1-2H3. The lowest BCUT2D eigenvalue weighted by atomic mass is 10.1. The van der Waals surface area contributed by atoms with E-state index in [9.17, 15) is 5.11 Å². The molecule has 0 aliphatic rings. The van der Waals surface area contributed by atoms with Crippen molar-refractivity contribution in [2.75, 3.05) is 7.05 Å². The van der Waals surface area contributed by atoms with E-state index in [2.05, 4.69) is 20.3 Å². The van der Waals surface area contributed by atoms with E-state index in [0.29, 0.717) is 5.69 Å². The molecule has 2 aromatic rings. The van der Waals surface area contributed by atoms with Gasteiger partial charge in [0.2, 0.25) is 0 Å². The number of phenolic OH excluding ortho intramolecular Hbond substituents is 1. The molecule has 18 heavy (non-hydrogen) atoms. The molecule has 0 saturated heterocycles. The lowest BCUT2D eigenvalue weighted by Gasteiger charge is -2.04. The Bertz CT molecular complexity index is 625. The van der Waals surface area contributed by atoms with Crippen molar-refractivity contribution < 1.29 is 5.11 Å². The Hall–Kier alpha value is -2.24. The summed E-state index contributed by atoms with van der Waals surface area (Å²) >= 11 is 0. The van der Waals surface area contributed by atoms with Gasteiger partial charge in [-0.25, -0.2) is 15.2 Å². The van der Waals surface area contributed by atoms with Crippen LogP contribution >= 0.6 is 0 Å². The van der Waals surface area contributed by atoms with Crippen molar-refractivity contribution in [3.05, 3.63) is 35.9 Å². The Morgan fingerprint density at radius 2 is 1.89 bits per heavy atom. The fraction of sp³-hybridized carbons (Fsp3) is 0.167. The van der Waals surface area contributed by atoms with E-state index in [4.69, 9.17) is 0 Å². The molecule has 5 nitrogen and oxygen atoms in total. The van der Waals surface area contributed by atoms with Crippen LogP contribution in [0, 0.1) is 6.92 Å². The van der Waals surface area contributed by atoms with Crippen LogP contribution in [0.5, 0.6) is 5.75 Å². The minimum Gasteiger partial charge on any atom is -0.505 e. The molecule has 0 bridgehead atoms. The van der Waals surface area contributed by atoms with Crippen LogP contribution in [0.4, 0.5) is 5.69 Å². The summed E-state index contributed by atoms with van der Waals surface area (Å²) in [7, 11) is 1.74. The molecule has 0 aromatic heterocycles. The van der Waals surface area contributed by atoms with E-state index in [0.717, 1.165) is 16.3 Å². The van der Waals surface area contributed by atoms with Crippen molar-refractivity contribution >= 4 is 24.0 Å². The van der Waals surface area contributed by atoms with E-state index in [1.54, 1.807) is 13.1 Å². The number of rotatable bonds is 3. The highest BCUT2D eigenvalue weighted by Gasteiger charge is 2.05. The summed E-state index contributed by atoms with van der Waals surface area (Å²) in [6.45, 7) is 1.98. The molecule has 0 heterocycles. The highest BCUT2D eigenvalue weighted by Crippen LogP contribution is 2.35. The maximum absolute atomic E-state index is 10.1. The molecule has 0 saturated carbocycles. The fourth-order valence-corrected chi connectivity index (χ4v) is 1.69. The Morgan fingerprint density at radius 1 is 1.11 bits per heavy atom. The number of aryl methyl sites for hydroxylation is 1. The Balaban J connectivity index is 2.40. The molecule has 0 spiro atoms. The first-order chi connectivity index (χ1) is 8.72. The van der Waals surface area contributed by atoms with Crippen molar-refractivity contribution in [2.24, 2.45) is 20.3 Å². The van der Waals surface area contributed by atoms with Gasteiger partial charge in [0, 0.05) is 12.4 Å². The number of nitrogens with zero attached hydrogens (tertiary/aromatic N) is 4. The van der Waals surface area contributed by atoms with Crippen molar-refractivity contribution in [3.63, 3.8) is 0 Å². The number of phenols is 1. The van der Waals surface area contributed by atoms with Crippen molar-refractivity contribution in [1.29, 1.82) is 0 Å². The minimum atomic E-state index is 0.147. The molecule has 0 aliphatic heterocycles. The van der Waals surface area contributed by atoms with Crippen LogP contribution in [0.15, 0.2) is 50.6 Å². The third-order valence-corrected chi connectivity index (χ3v) is 2.57. The van der Waals surface area contributed by atoms with Crippen LogP contribution in [-0.4, -0.2) is 19.7 Å². The zero-order chi connectivity index (χ0) is 13.0. The quantitative estimate of drug-likeness (QED) is 0.648. The summed E-state index contributed by atoms with van der Waals surface area (Å²) in [6.07, 6.45) is 0. The summed E-state index contributed by atoms with van der Waals surface area (Å²) in [5.41, 5.74) is 1.53. The first-order valence-electron chi connectivity index (χ1n) is 5.58. The van der Waals surface area contributed by atoms with Gasteiger partial charge in [-0.3, -0.25) is 0 Å². The molecule has 1 N–H and O–H groups in total. The van der Waals surface area contributed by atoms with Crippen LogP contribution in [0.25, 0.3) is 10.8 Å². The number of benzene rings is 2. The second-order valence-electron chi connectivity index (χ2n) is 3.88. The zero-order valence-corrected chi connectivity index (χ0v) is 10.3.